The van der Waals surface area contributed by atoms with Gasteiger partial charge in [0.15, 0.2) is 0 Å². The van der Waals surface area contributed by atoms with Crippen molar-refractivity contribution >= 4 is 21.8 Å². The fourth-order valence-electron chi connectivity index (χ4n) is 5.00. The summed E-state index contributed by atoms with van der Waals surface area (Å²) in [4.78, 5) is 30.2. The Hall–Kier alpha value is -1.87. The van der Waals surface area contributed by atoms with Gasteiger partial charge in [-0.1, -0.05) is 19.3 Å². The second kappa shape index (κ2) is 9.73. The Kier molecular flexibility index (Phi) is 7.01. The Morgan fingerprint density at radius 3 is 2.39 bits per heavy atom. The summed E-state index contributed by atoms with van der Waals surface area (Å²) in [7, 11) is -3.75. The standard InChI is InChI=1S/C22H34N4O4S/c27-21(24-18-9-3-1-4-10-18)17-8-7-13-26(16-17)31(29,30)19-14-20(23-15-19)22(28)25-11-5-2-6-12-25/h14-15,17-18,23H,1-13,16H2,(H,24,27)/t17-/m1/s1. The predicted molar refractivity (Wildman–Crippen MR) is 117 cm³/mol. The normalized spacial score (nSPS) is 24.1. The fraction of sp³-hybridized carbons (Fsp3) is 0.727. The number of nitrogens with zero attached hydrogens (tertiary/aromatic N) is 2. The molecule has 172 valence electrons. The van der Waals surface area contributed by atoms with Crippen LogP contribution in [0, 0.1) is 5.92 Å². The highest BCUT2D eigenvalue weighted by Crippen LogP contribution is 2.26. The van der Waals surface area contributed by atoms with Gasteiger partial charge in [0, 0.05) is 38.4 Å². The molecular formula is C22H34N4O4S. The molecule has 1 saturated carbocycles. The van der Waals surface area contributed by atoms with Crippen LogP contribution in [-0.2, 0) is 14.8 Å². The molecule has 31 heavy (non-hydrogen) atoms. The smallest absolute Gasteiger partial charge is 0.270 e. The molecule has 9 heteroatoms. The average molecular weight is 451 g/mol. The molecule has 1 aromatic heterocycles. The van der Waals surface area contributed by atoms with Gasteiger partial charge in [0.25, 0.3) is 5.91 Å². The Balaban J connectivity index is 1.40. The number of carbonyl (C=O) groups is 2. The van der Waals surface area contributed by atoms with Gasteiger partial charge in [0.2, 0.25) is 15.9 Å². The number of nitrogens with one attached hydrogen (secondary N) is 2. The third-order valence-corrected chi connectivity index (χ3v) is 8.72. The van der Waals surface area contributed by atoms with Gasteiger partial charge >= 0.3 is 0 Å². The summed E-state index contributed by atoms with van der Waals surface area (Å²) in [5.74, 6) is -0.495. The minimum absolute atomic E-state index is 0.0261. The van der Waals surface area contributed by atoms with Crippen molar-refractivity contribution in [3.05, 3.63) is 18.0 Å². The van der Waals surface area contributed by atoms with E-state index in [9.17, 15) is 18.0 Å². The Bertz CT molecular complexity index is 885. The molecule has 2 N–H and O–H groups in total. The maximum atomic E-state index is 13.2. The molecule has 0 radical (unpaired) electrons. The van der Waals surface area contributed by atoms with Gasteiger partial charge in [-0.25, -0.2) is 8.42 Å². The third-order valence-electron chi connectivity index (χ3n) is 6.87. The Morgan fingerprint density at radius 1 is 0.935 bits per heavy atom. The molecular weight excluding hydrogens is 416 g/mol. The van der Waals surface area contributed by atoms with Gasteiger partial charge in [-0.3, -0.25) is 9.59 Å². The van der Waals surface area contributed by atoms with Gasteiger partial charge in [-0.05, 0) is 51.0 Å². The summed E-state index contributed by atoms with van der Waals surface area (Å²) in [5.41, 5.74) is 0.309. The first-order valence-corrected chi connectivity index (χ1v) is 13.2. The molecule has 1 aliphatic carbocycles. The third kappa shape index (κ3) is 5.14. The average Bonchev–Trinajstić information content (AvgIpc) is 3.31. The number of aromatic amines is 1. The molecule has 2 saturated heterocycles. The molecule has 3 aliphatic rings. The van der Waals surface area contributed by atoms with Crippen LogP contribution in [-0.4, -0.2) is 66.6 Å². The number of hydrogen-bond donors (Lipinski definition) is 2. The van der Waals surface area contributed by atoms with E-state index in [1.54, 1.807) is 4.90 Å². The lowest BCUT2D eigenvalue weighted by Gasteiger charge is -2.32. The molecule has 3 heterocycles. The number of amides is 2. The van der Waals surface area contributed by atoms with Gasteiger partial charge in [0.1, 0.15) is 10.6 Å². The highest BCUT2D eigenvalue weighted by molar-refractivity contribution is 7.89. The first-order chi connectivity index (χ1) is 14.9. The highest BCUT2D eigenvalue weighted by atomic mass is 32.2. The lowest BCUT2D eigenvalue weighted by atomic mass is 9.93. The summed E-state index contributed by atoms with van der Waals surface area (Å²) in [6, 6.07) is 1.67. The number of likely N-dealkylation sites (tertiary alicyclic amines) is 1. The van der Waals surface area contributed by atoms with Crippen LogP contribution in [0.25, 0.3) is 0 Å². The highest BCUT2D eigenvalue weighted by Gasteiger charge is 2.35. The molecule has 2 aliphatic heterocycles. The Labute approximate surface area is 184 Å². The maximum Gasteiger partial charge on any atom is 0.270 e. The molecule has 3 fully saturated rings. The van der Waals surface area contributed by atoms with E-state index < -0.39 is 10.0 Å². The zero-order chi connectivity index (χ0) is 21.8. The predicted octanol–water partition coefficient (Wildman–Crippen LogP) is 2.49. The van der Waals surface area contributed by atoms with E-state index in [2.05, 4.69) is 10.3 Å². The van der Waals surface area contributed by atoms with Crippen LogP contribution in [0.3, 0.4) is 0 Å². The van der Waals surface area contributed by atoms with Crippen LogP contribution < -0.4 is 5.32 Å². The van der Waals surface area contributed by atoms with Gasteiger partial charge in [-0.15, -0.1) is 0 Å². The van der Waals surface area contributed by atoms with Crippen molar-refractivity contribution in [1.82, 2.24) is 19.5 Å². The topological polar surface area (TPSA) is 103 Å². The van der Waals surface area contributed by atoms with E-state index in [-0.39, 0.29) is 35.2 Å². The molecule has 0 unspecified atom stereocenters. The minimum atomic E-state index is -3.75. The van der Waals surface area contributed by atoms with E-state index in [1.807, 2.05) is 0 Å². The largest absolute Gasteiger partial charge is 0.356 e. The van der Waals surface area contributed by atoms with E-state index in [1.165, 1.54) is 23.0 Å². The number of sulfonamides is 1. The van der Waals surface area contributed by atoms with Crippen LogP contribution in [0.2, 0.25) is 0 Å². The number of piperidine rings is 2. The maximum absolute atomic E-state index is 13.2. The van der Waals surface area contributed by atoms with Crippen molar-refractivity contribution < 1.29 is 18.0 Å². The zero-order valence-corrected chi connectivity index (χ0v) is 19.0. The second-order valence-corrected chi connectivity index (χ2v) is 11.1. The summed E-state index contributed by atoms with van der Waals surface area (Å²) in [6.07, 6.45) is 11.4. The van der Waals surface area contributed by atoms with E-state index in [4.69, 9.17) is 0 Å². The summed E-state index contributed by atoms with van der Waals surface area (Å²) >= 11 is 0. The SMILES string of the molecule is O=C(NC1CCCCC1)[C@@H]1CCCN(S(=O)(=O)c2c[nH]c(C(=O)N3CCCCC3)c2)C1. The quantitative estimate of drug-likeness (QED) is 0.719. The first-order valence-electron chi connectivity index (χ1n) is 11.7. The van der Waals surface area contributed by atoms with Crippen molar-refractivity contribution in [3.63, 3.8) is 0 Å². The van der Waals surface area contributed by atoms with Crippen LogP contribution in [0.1, 0.15) is 74.7 Å². The van der Waals surface area contributed by atoms with Crippen molar-refractivity contribution in [3.8, 4) is 0 Å². The van der Waals surface area contributed by atoms with E-state index in [0.717, 1.165) is 44.9 Å². The van der Waals surface area contributed by atoms with Crippen molar-refractivity contribution in [2.45, 2.75) is 75.1 Å². The number of hydrogen-bond acceptors (Lipinski definition) is 4. The van der Waals surface area contributed by atoms with Crippen LogP contribution in [0.5, 0.6) is 0 Å². The van der Waals surface area contributed by atoms with Crippen molar-refractivity contribution in [2.24, 2.45) is 5.92 Å². The number of aromatic nitrogens is 1. The molecule has 4 rings (SSSR count). The van der Waals surface area contributed by atoms with Crippen molar-refractivity contribution in [2.75, 3.05) is 26.2 Å². The summed E-state index contributed by atoms with van der Waals surface area (Å²) < 4.78 is 27.8. The number of carbonyl (C=O) groups excluding carboxylic acids is 2. The summed E-state index contributed by atoms with van der Waals surface area (Å²) in [5, 5.41) is 3.14. The molecule has 1 aromatic rings. The van der Waals surface area contributed by atoms with Gasteiger partial charge < -0.3 is 15.2 Å². The Morgan fingerprint density at radius 2 is 1.65 bits per heavy atom. The van der Waals surface area contributed by atoms with Gasteiger partial charge in [-0.2, -0.15) is 4.31 Å². The van der Waals surface area contributed by atoms with E-state index in [0.29, 0.717) is 38.2 Å². The molecule has 0 bridgehead atoms. The molecule has 2 amide bonds. The lowest BCUT2D eigenvalue weighted by Crippen LogP contribution is -2.47. The van der Waals surface area contributed by atoms with Crippen LogP contribution in [0.4, 0.5) is 0 Å². The van der Waals surface area contributed by atoms with E-state index >= 15 is 0 Å². The second-order valence-electron chi connectivity index (χ2n) is 9.15. The minimum Gasteiger partial charge on any atom is -0.356 e. The first kappa shape index (κ1) is 22.3. The van der Waals surface area contributed by atoms with Gasteiger partial charge in [0.05, 0.1) is 5.92 Å². The monoisotopic (exact) mass is 450 g/mol. The molecule has 8 nitrogen and oxygen atoms in total. The van der Waals surface area contributed by atoms with Crippen LogP contribution in [0.15, 0.2) is 17.2 Å². The summed E-state index contributed by atoms with van der Waals surface area (Å²) in [6.45, 7) is 2.02. The van der Waals surface area contributed by atoms with Crippen LogP contribution >= 0.6 is 0 Å². The molecule has 1 atom stereocenters. The lowest BCUT2D eigenvalue weighted by molar-refractivity contribution is -0.127. The molecule has 0 spiro atoms. The zero-order valence-electron chi connectivity index (χ0n) is 18.1. The fourth-order valence-corrected chi connectivity index (χ4v) is 6.52. The van der Waals surface area contributed by atoms with Crippen molar-refractivity contribution in [1.29, 1.82) is 0 Å². The number of rotatable bonds is 5. The molecule has 0 aromatic carbocycles. The number of H-pyrrole nitrogens is 1.